The van der Waals surface area contributed by atoms with Crippen molar-refractivity contribution in [3.05, 3.63) is 24.0 Å². The summed E-state index contributed by atoms with van der Waals surface area (Å²) in [5.41, 5.74) is 3.36. The van der Waals surface area contributed by atoms with Crippen molar-refractivity contribution in [1.29, 1.82) is 0 Å². The van der Waals surface area contributed by atoms with Crippen molar-refractivity contribution in [3.63, 3.8) is 0 Å². The smallest absolute Gasteiger partial charge is 0.206 e. The Hall–Kier alpha value is -1.69. The van der Waals surface area contributed by atoms with Crippen molar-refractivity contribution in [2.24, 2.45) is 10.8 Å². The van der Waals surface area contributed by atoms with Gasteiger partial charge in [-0.2, -0.15) is 10.2 Å². The molecule has 0 spiro atoms. The van der Waals surface area contributed by atoms with Crippen molar-refractivity contribution >= 4 is 5.96 Å². The Kier molecular flexibility index (Phi) is 3.08. The van der Waals surface area contributed by atoms with Gasteiger partial charge < -0.3 is 5.32 Å². The van der Waals surface area contributed by atoms with Crippen LogP contribution in [0.25, 0.3) is 0 Å². The zero-order valence-electron chi connectivity index (χ0n) is 8.35. The predicted molar refractivity (Wildman–Crippen MR) is 56.7 cm³/mol. The van der Waals surface area contributed by atoms with E-state index in [2.05, 4.69) is 25.9 Å². The number of hydrazine groups is 1. The number of aliphatic imine (C=N–C) groups is 1. The Bertz CT molecular complexity index is 332. The molecule has 0 aliphatic heterocycles. The lowest BCUT2D eigenvalue weighted by Gasteiger charge is -2.06. The summed E-state index contributed by atoms with van der Waals surface area (Å²) in [4.78, 5) is 4.26. The zero-order chi connectivity index (χ0) is 10.5. The first kappa shape index (κ1) is 9.85. The first-order valence-electron chi connectivity index (χ1n) is 4.92. The van der Waals surface area contributed by atoms with Crippen LogP contribution in [0.2, 0.25) is 0 Å². The van der Waals surface area contributed by atoms with Crippen LogP contribution in [0.15, 0.2) is 23.3 Å². The van der Waals surface area contributed by atoms with Gasteiger partial charge in [-0.1, -0.05) is 0 Å². The fourth-order valence-electron chi connectivity index (χ4n) is 1.13. The highest BCUT2D eigenvalue weighted by Crippen LogP contribution is 2.18. The second-order valence-corrected chi connectivity index (χ2v) is 3.44. The van der Waals surface area contributed by atoms with Crippen LogP contribution in [0, 0.1) is 0 Å². The lowest BCUT2D eigenvalue weighted by Crippen LogP contribution is -2.42. The van der Waals surface area contributed by atoms with Gasteiger partial charge in [0.25, 0.3) is 0 Å². The largest absolute Gasteiger partial charge is 0.353 e. The molecule has 0 unspecified atom stereocenters. The molecule has 1 heterocycles. The summed E-state index contributed by atoms with van der Waals surface area (Å²) < 4.78 is 0. The summed E-state index contributed by atoms with van der Waals surface area (Å²) in [6, 6.07) is 4.24. The summed E-state index contributed by atoms with van der Waals surface area (Å²) in [7, 11) is 0. The van der Waals surface area contributed by atoms with E-state index in [1.54, 1.807) is 6.20 Å². The minimum Gasteiger partial charge on any atom is -0.353 e. The highest BCUT2D eigenvalue weighted by atomic mass is 15.3. The zero-order valence-corrected chi connectivity index (χ0v) is 8.35. The third-order valence-electron chi connectivity index (χ3n) is 2.08. The summed E-state index contributed by atoms with van der Waals surface area (Å²) >= 11 is 0. The SMILES string of the molecule is NNC(=NCc1cccnn1)NC1CC1. The van der Waals surface area contributed by atoms with E-state index >= 15 is 0 Å². The standard InChI is InChI=1S/C9H14N6/c10-14-9(13-7-3-4-7)11-6-8-2-1-5-12-15-8/h1-2,5,7H,3-4,6,10H2,(H2,11,13,14). The molecular formula is C9H14N6. The Balaban J connectivity index is 1.90. The third-order valence-corrected chi connectivity index (χ3v) is 2.08. The summed E-state index contributed by atoms with van der Waals surface area (Å²) in [6.45, 7) is 0.479. The van der Waals surface area contributed by atoms with Crippen LogP contribution < -0.4 is 16.6 Å². The van der Waals surface area contributed by atoms with Gasteiger partial charge in [-0.05, 0) is 25.0 Å². The molecule has 1 aromatic heterocycles. The lowest BCUT2D eigenvalue weighted by atomic mass is 10.4. The quantitative estimate of drug-likeness (QED) is 0.270. The molecule has 1 fully saturated rings. The molecule has 1 saturated carbocycles. The predicted octanol–water partition coefficient (Wildman–Crippen LogP) is -0.452. The maximum absolute atomic E-state index is 5.33. The van der Waals surface area contributed by atoms with Crippen molar-refractivity contribution in [2.75, 3.05) is 0 Å². The summed E-state index contributed by atoms with van der Waals surface area (Å²) in [6.07, 6.45) is 4.01. The first-order chi connectivity index (χ1) is 7.38. The molecule has 2 rings (SSSR count). The number of nitrogens with zero attached hydrogens (tertiary/aromatic N) is 3. The molecule has 0 amide bonds. The van der Waals surface area contributed by atoms with Gasteiger partial charge in [-0.15, -0.1) is 0 Å². The highest BCUT2D eigenvalue weighted by Gasteiger charge is 2.21. The van der Waals surface area contributed by atoms with Crippen molar-refractivity contribution < 1.29 is 0 Å². The second-order valence-electron chi connectivity index (χ2n) is 3.44. The van der Waals surface area contributed by atoms with Gasteiger partial charge in [0.1, 0.15) is 0 Å². The molecule has 1 aliphatic rings. The molecule has 0 saturated heterocycles. The topological polar surface area (TPSA) is 88.2 Å². The van der Waals surface area contributed by atoms with Crippen molar-refractivity contribution in [3.8, 4) is 0 Å². The van der Waals surface area contributed by atoms with Crippen LogP contribution >= 0.6 is 0 Å². The van der Waals surface area contributed by atoms with Gasteiger partial charge in [0.2, 0.25) is 5.96 Å². The molecule has 1 aliphatic carbocycles. The molecular weight excluding hydrogens is 192 g/mol. The Morgan fingerprint density at radius 1 is 1.60 bits per heavy atom. The van der Waals surface area contributed by atoms with E-state index in [0.29, 0.717) is 18.5 Å². The molecule has 6 nitrogen and oxygen atoms in total. The van der Waals surface area contributed by atoms with Gasteiger partial charge in [-0.25, -0.2) is 10.8 Å². The van der Waals surface area contributed by atoms with E-state index in [-0.39, 0.29) is 0 Å². The van der Waals surface area contributed by atoms with Crippen LogP contribution in [0.3, 0.4) is 0 Å². The fraction of sp³-hybridized carbons (Fsp3) is 0.444. The highest BCUT2D eigenvalue weighted by molar-refractivity contribution is 5.79. The van der Waals surface area contributed by atoms with E-state index in [1.807, 2.05) is 12.1 Å². The number of nitrogens with two attached hydrogens (primary N) is 1. The molecule has 0 atom stereocenters. The number of nitrogens with one attached hydrogen (secondary N) is 2. The first-order valence-corrected chi connectivity index (χ1v) is 4.92. The molecule has 6 heteroatoms. The molecule has 80 valence electrons. The van der Waals surface area contributed by atoms with Crippen LogP contribution in [0.1, 0.15) is 18.5 Å². The molecule has 0 aromatic carbocycles. The molecule has 0 bridgehead atoms. The Morgan fingerprint density at radius 2 is 2.47 bits per heavy atom. The third kappa shape index (κ3) is 3.17. The summed E-state index contributed by atoms with van der Waals surface area (Å²) in [5, 5.41) is 10.9. The lowest BCUT2D eigenvalue weighted by molar-refractivity contribution is 0.809. The number of guanidine groups is 1. The van der Waals surface area contributed by atoms with Gasteiger partial charge in [0.05, 0.1) is 12.2 Å². The van der Waals surface area contributed by atoms with Crippen LogP contribution in [-0.4, -0.2) is 22.2 Å². The maximum atomic E-state index is 5.33. The van der Waals surface area contributed by atoms with Gasteiger partial charge in [0.15, 0.2) is 0 Å². The van der Waals surface area contributed by atoms with Crippen LogP contribution in [-0.2, 0) is 6.54 Å². The van der Waals surface area contributed by atoms with Crippen LogP contribution in [0.5, 0.6) is 0 Å². The van der Waals surface area contributed by atoms with E-state index in [1.165, 1.54) is 12.8 Å². The van der Waals surface area contributed by atoms with E-state index in [4.69, 9.17) is 5.84 Å². The summed E-state index contributed by atoms with van der Waals surface area (Å²) in [5.74, 6) is 5.95. The van der Waals surface area contributed by atoms with Crippen LogP contribution in [0.4, 0.5) is 0 Å². The molecule has 1 aromatic rings. The van der Waals surface area contributed by atoms with Gasteiger partial charge >= 0.3 is 0 Å². The average molecular weight is 206 g/mol. The van der Waals surface area contributed by atoms with E-state index in [9.17, 15) is 0 Å². The molecule has 4 N–H and O–H groups in total. The Morgan fingerprint density at radius 3 is 3.07 bits per heavy atom. The van der Waals surface area contributed by atoms with Crippen molar-refractivity contribution in [2.45, 2.75) is 25.4 Å². The van der Waals surface area contributed by atoms with Gasteiger partial charge in [0, 0.05) is 12.2 Å². The molecule has 15 heavy (non-hydrogen) atoms. The van der Waals surface area contributed by atoms with E-state index in [0.717, 1.165) is 5.69 Å². The minimum absolute atomic E-state index is 0.479. The number of hydrogen-bond acceptors (Lipinski definition) is 4. The molecule has 0 radical (unpaired) electrons. The monoisotopic (exact) mass is 206 g/mol. The number of rotatable bonds is 3. The fourth-order valence-corrected chi connectivity index (χ4v) is 1.13. The Labute approximate surface area is 88.0 Å². The maximum Gasteiger partial charge on any atom is 0.206 e. The van der Waals surface area contributed by atoms with Crippen molar-refractivity contribution in [1.82, 2.24) is 20.9 Å². The average Bonchev–Trinajstić information content (AvgIpc) is 3.09. The number of hydrogen-bond donors (Lipinski definition) is 3. The normalized spacial score (nSPS) is 16.2. The minimum atomic E-state index is 0.479. The second kappa shape index (κ2) is 4.70. The van der Waals surface area contributed by atoms with E-state index < -0.39 is 0 Å². The number of aromatic nitrogens is 2. The van der Waals surface area contributed by atoms with Gasteiger partial charge in [-0.3, -0.25) is 5.43 Å².